The fourth-order valence-electron chi connectivity index (χ4n) is 5.55. The van der Waals surface area contributed by atoms with Crippen LogP contribution in [0, 0.1) is 0 Å². The number of carbonyl (C=O) groups is 3. The van der Waals surface area contributed by atoms with E-state index in [0.717, 1.165) is 37.7 Å². The average Bonchev–Trinajstić information content (AvgIpc) is 2.85. The molecule has 1 saturated carbocycles. The highest BCUT2D eigenvalue weighted by atomic mass is 16.2. The van der Waals surface area contributed by atoms with Crippen LogP contribution in [-0.4, -0.2) is 75.5 Å². The maximum absolute atomic E-state index is 13.6. The van der Waals surface area contributed by atoms with Crippen molar-refractivity contribution in [3.8, 4) is 0 Å². The Morgan fingerprint density at radius 2 is 1.79 bits per heavy atom. The van der Waals surface area contributed by atoms with Gasteiger partial charge in [-0.1, -0.05) is 69.9 Å². The highest BCUT2D eigenvalue weighted by Gasteiger charge is 2.51. The molecule has 0 aromatic heterocycles. The highest BCUT2D eigenvalue weighted by Crippen LogP contribution is 2.32. The zero-order valence-corrected chi connectivity index (χ0v) is 19.9. The predicted molar refractivity (Wildman–Crippen MR) is 126 cm³/mol. The molecule has 1 aromatic carbocycles. The lowest BCUT2D eigenvalue weighted by Gasteiger charge is -2.56. The molecular formula is C25H37N5O3. The van der Waals surface area contributed by atoms with Gasteiger partial charge in [0.25, 0.3) is 0 Å². The Hall–Kier alpha value is -2.61. The zero-order chi connectivity index (χ0) is 23.4. The largest absolute Gasteiger partial charge is 0.334 e. The van der Waals surface area contributed by atoms with E-state index in [-0.39, 0.29) is 30.4 Å². The van der Waals surface area contributed by atoms with Crippen molar-refractivity contribution in [2.24, 2.45) is 0 Å². The molecule has 180 valence electrons. The number of hydrogen-bond donors (Lipinski definition) is 1. The zero-order valence-electron chi connectivity index (χ0n) is 19.9. The van der Waals surface area contributed by atoms with E-state index in [1.54, 1.807) is 9.91 Å². The Bertz CT molecular complexity index is 842. The Labute approximate surface area is 196 Å². The molecule has 33 heavy (non-hydrogen) atoms. The number of likely N-dealkylation sites (N-methyl/N-ethyl adjacent to an activating group) is 1. The Morgan fingerprint density at radius 3 is 2.45 bits per heavy atom. The van der Waals surface area contributed by atoms with Crippen molar-refractivity contribution in [1.82, 2.24) is 25.1 Å². The van der Waals surface area contributed by atoms with Gasteiger partial charge in [0.05, 0.1) is 13.1 Å². The van der Waals surface area contributed by atoms with Crippen molar-refractivity contribution in [3.63, 3.8) is 0 Å². The van der Waals surface area contributed by atoms with Crippen LogP contribution in [0.25, 0.3) is 0 Å². The number of benzene rings is 1. The molecule has 3 aliphatic rings. The molecule has 3 fully saturated rings. The number of piperazine rings is 1. The number of amides is 4. The molecule has 4 rings (SSSR count). The number of nitrogens with one attached hydrogen (secondary N) is 1. The maximum Gasteiger partial charge on any atom is 0.334 e. The van der Waals surface area contributed by atoms with Crippen LogP contribution in [0.1, 0.15) is 64.4 Å². The number of urea groups is 1. The van der Waals surface area contributed by atoms with Crippen LogP contribution in [0.4, 0.5) is 4.79 Å². The maximum atomic E-state index is 13.6. The first-order valence-corrected chi connectivity index (χ1v) is 12.5. The minimum Gasteiger partial charge on any atom is -0.334 e. The molecule has 0 spiro atoms. The van der Waals surface area contributed by atoms with E-state index < -0.39 is 12.2 Å². The number of rotatable bonds is 6. The highest BCUT2D eigenvalue weighted by molar-refractivity contribution is 5.91. The molecule has 0 unspecified atom stereocenters. The summed E-state index contributed by atoms with van der Waals surface area (Å²) in [4.78, 5) is 43.9. The summed E-state index contributed by atoms with van der Waals surface area (Å²) in [5.41, 5.74) is 1.02. The van der Waals surface area contributed by atoms with E-state index in [1.807, 2.05) is 54.1 Å². The lowest BCUT2D eigenvalue weighted by Crippen LogP contribution is -2.77. The third kappa shape index (κ3) is 4.86. The first-order chi connectivity index (χ1) is 16.0. The van der Waals surface area contributed by atoms with Crippen LogP contribution in [0.2, 0.25) is 0 Å². The summed E-state index contributed by atoms with van der Waals surface area (Å²) in [6.07, 6.45) is 6.43. The van der Waals surface area contributed by atoms with Crippen LogP contribution in [0.5, 0.6) is 0 Å². The quantitative estimate of drug-likeness (QED) is 0.716. The normalized spacial score (nSPS) is 24.7. The van der Waals surface area contributed by atoms with Gasteiger partial charge in [0.1, 0.15) is 12.2 Å². The van der Waals surface area contributed by atoms with E-state index in [0.29, 0.717) is 26.1 Å². The molecule has 0 radical (unpaired) electrons. The van der Waals surface area contributed by atoms with E-state index in [9.17, 15) is 14.4 Å². The van der Waals surface area contributed by atoms with Gasteiger partial charge in [0, 0.05) is 19.1 Å². The van der Waals surface area contributed by atoms with Gasteiger partial charge < -0.3 is 15.1 Å². The molecule has 2 aliphatic heterocycles. The second-order valence-corrected chi connectivity index (χ2v) is 9.34. The summed E-state index contributed by atoms with van der Waals surface area (Å²) in [6, 6.07) is 9.29. The summed E-state index contributed by atoms with van der Waals surface area (Å²) in [6.45, 7) is 5.45. The third-order valence-corrected chi connectivity index (χ3v) is 7.22. The van der Waals surface area contributed by atoms with Gasteiger partial charge in [0.15, 0.2) is 0 Å². The molecule has 2 atom stereocenters. The Balaban J connectivity index is 1.61. The molecule has 8 heteroatoms. The van der Waals surface area contributed by atoms with Gasteiger partial charge in [-0.15, -0.1) is 0 Å². The monoisotopic (exact) mass is 455 g/mol. The van der Waals surface area contributed by atoms with Crippen LogP contribution in [0.15, 0.2) is 30.3 Å². The Morgan fingerprint density at radius 1 is 1.06 bits per heavy atom. The molecular weight excluding hydrogens is 418 g/mol. The van der Waals surface area contributed by atoms with Gasteiger partial charge in [-0.25, -0.2) is 14.8 Å². The molecule has 0 bridgehead atoms. The summed E-state index contributed by atoms with van der Waals surface area (Å²) in [7, 11) is 0. The minimum atomic E-state index is -0.494. The van der Waals surface area contributed by atoms with Gasteiger partial charge in [0.2, 0.25) is 11.8 Å². The van der Waals surface area contributed by atoms with Gasteiger partial charge in [-0.3, -0.25) is 9.59 Å². The lowest BCUT2D eigenvalue weighted by molar-refractivity contribution is -0.193. The van der Waals surface area contributed by atoms with Crippen LogP contribution in [-0.2, 0) is 16.1 Å². The van der Waals surface area contributed by atoms with E-state index in [2.05, 4.69) is 5.32 Å². The molecule has 8 nitrogen and oxygen atoms in total. The fourth-order valence-corrected chi connectivity index (χ4v) is 5.55. The number of nitrogens with zero attached hydrogens (tertiary/aromatic N) is 4. The van der Waals surface area contributed by atoms with Crippen molar-refractivity contribution >= 4 is 17.8 Å². The summed E-state index contributed by atoms with van der Waals surface area (Å²) >= 11 is 0. The Kier molecular flexibility index (Phi) is 7.53. The van der Waals surface area contributed by atoms with E-state index in [4.69, 9.17) is 0 Å². The molecule has 4 amide bonds. The van der Waals surface area contributed by atoms with Gasteiger partial charge >= 0.3 is 6.03 Å². The van der Waals surface area contributed by atoms with Crippen molar-refractivity contribution in [2.45, 2.75) is 83.6 Å². The first kappa shape index (κ1) is 23.5. The average molecular weight is 456 g/mol. The van der Waals surface area contributed by atoms with Crippen molar-refractivity contribution in [2.75, 3.05) is 19.6 Å². The second-order valence-electron chi connectivity index (χ2n) is 9.34. The number of hydrogen-bond acceptors (Lipinski definition) is 4. The lowest BCUT2D eigenvalue weighted by atomic mass is 9.91. The number of hydrazine groups is 1. The van der Waals surface area contributed by atoms with E-state index >= 15 is 0 Å². The molecule has 1 N–H and O–H groups in total. The van der Waals surface area contributed by atoms with Crippen LogP contribution in [0.3, 0.4) is 0 Å². The first-order valence-electron chi connectivity index (χ1n) is 12.5. The minimum absolute atomic E-state index is 0.0583. The van der Waals surface area contributed by atoms with E-state index in [1.165, 1.54) is 6.42 Å². The third-order valence-electron chi connectivity index (χ3n) is 7.22. The SMILES string of the molecule is CCC[C@H]1C(=O)N(C2CCCCC2)C[C@H]2N1C(=O)CN(CC)N2C(=O)NCc1ccccc1. The fraction of sp³-hybridized carbons (Fsp3) is 0.640. The van der Waals surface area contributed by atoms with Gasteiger partial charge in [-0.2, -0.15) is 0 Å². The predicted octanol–water partition coefficient (Wildman–Crippen LogP) is 2.95. The second kappa shape index (κ2) is 10.5. The molecule has 2 heterocycles. The topological polar surface area (TPSA) is 76.2 Å². The van der Waals surface area contributed by atoms with Crippen molar-refractivity contribution in [1.29, 1.82) is 0 Å². The molecule has 1 aliphatic carbocycles. The molecule has 2 saturated heterocycles. The van der Waals surface area contributed by atoms with Gasteiger partial charge in [-0.05, 0) is 24.8 Å². The summed E-state index contributed by atoms with van der Waals surface area (Å²) in [5, 5.41) is 6.56. The number of carbonyl (C=O) groups excluding carboxylic acids is 3. The summed E-state index contributed by atoms with van der Waals surface area (Å²) < 4.78 is 0. The molecule has 1 aromatic rings. The van der Waals surface area contributed by atoms with Crippen LogP contribution < -0.4 is 5.32 Å². The number of fused-ring (bicyclic) bond motifs is 1. The smallest absolute Gasteiger partial charge is 0.334 e. The standard InChI is InChI=1S/C25H37N5O3/c1-3-11-21-24(32)28(20-14-9-6-10-15-20)17-22-29(21)23(31)18-27(4-2)30(22)25(33)26-16-19-12-7-5-8-13-19/h5,7-8,12-13,20-22H,3-4,6,9-11,14-18H2,1-2H3,(H,26,33)/t21-,22-/m0/s1. The van der Waals surface area contributed by atoms with Crippen molar-refractivity contribution in [3.05, 3.63) is 35.9 Å². The summed E-state index contributed by atoms with van der Waals surface area (Å²) in [5.74, 6) is -0.00741. The van der Waals surface area contributed by atoms with Crippen LogP contribution >= 0.6 is 0 Å². The van der Waals surface area contributed by atoms with Crippen molar-refractivity contribution < 1.29 is 14.4 Å².